The summed E-state index contributed by atoms with van der Waals surface area (Å²) in [6, 6.07) is 5.45. The Balaban J connectivity index is 1.75. The molecule has 1 N–H and O–H groups in total. The van der Waals surface area contributed by atoms with Crippen LogP contribution in [0.25, 0.3) is 0 Å². The van der Waals surface area contributed by atoms with Gasteiger partial charge in [0.15, 0.2) is 0 Å². The number of hydrogen-bond acceptors (Lipinski definition) is 2. The van der Waals surface area contributed by atoms with Crippen LogP contribution < -0.4 is 5.32 Å². The van der Waals surface area contributed by atoms with E-state index in [4.69, 9.17) is 0 Å². The maximum Gasteiger partial charge on any atom is 0.254 e. The van der Waals surface area contributed by atoms with Crippen LogP contribution in [0.1, 0.15) is 41.6 Å². The smallest absolute Gasteiger partial charge is 0.254 e. The van der Waals surface area contributed by atoms with Crippen molar-refractivity contribution in [3.63, 3.8) is 0 Å². The van der Waals surface area contributed by atoms with Gasteiger partial charge in [-0.3, -0.25) is 4.79 Å². The Labute approximate surface area is 119 Å². The van der Waals surface area contributed by atoms with E-state index in [1.807, 2.05) is 4.90 Å². The van der Waals surface area contributed by atoms with Gasteiger partial charge in [0.25, 0.3) is 5.91 Å². The third kappa shape index (κ3) is 2.85. The average molecular weight is 276 g/mol. The maximum atomic E-state index is 13.3. The fraction of sp³-hybridized carbons (Fsp3) is 0.562. The molecule has 1 aliphatic heterocycles. The first kappa shape index (κ1) is 13.6. The summed E-state index contributed by atoms with van der Waals surface area (Å²) in [4.78, 5) is 14.6. The molecule has 108 valence electrons. The van der Waals surface area contributed by atoms with Crippen LogP contribution in [0.5, 0.6) is 0 Å². The summed E-state index contributed by atoms with van der Waals surface area (Å²) >= 11 is 0. The second-order valence-electron chi connectivity index (χ2n) is 5.95. The van der Waals surface area contributed by atoms with Gasteiger partial charge in [0.1, 0.15) is 5.82 Å². The molecule has 2 aliphatic rings. The zero-order chi connectivity index (χ0) is 14.1. The van der Waals surface area contributed by atoms with E-state index in [-0.39, 0.29) is 11.7 Å². The Bertz CT molecular complexity index is 507. The quantitative estimate of drug-likeness (QED) is 0.916. The summed E-state index contributed by atoms with van der Waals surface area (Å²) in [5.41, 5.74) is 1.14. The summed E-state index contributed by atoms with van der Waals surface area (Å²) in [6.45, 7) is 3.53. The van der Waals surface area contributed by atoms with E-state index in [0.717, 1.165) is 32.4 Å². The van der Waals surface area contributed by atoms with E-state index >= 15 is 0 Å². The van der Waals surface area contributed by atoms with Crippen LogP contribution in [0.3, 0.4) is 0 Å². The monoisotopic (exact) mass is 276 g/mol. The Morgan fingerprint density at radius 3 is 2.80 bits per heavy atom. The van der Waals surface area contributed by atoms with E-state index in [2.05, 4.69) is 5.32 Å². The fourth-order valence-corrected chi connectivity index (χ4v) is 2.88. The molecule has 1 amide bonds. The van der Waals surface area contributed by atoms with Crippen LogP contribution in [-0.4, -0.2) is 36.0 Å². The topological polar surface area (TPSA) is 32.3 Å². The zero-order valence-electron chi connectivity index (χ0n) is 11.9. The van der Waals surface area contributed by atoms with Crippen molar-refractivity contribution >= 4 is 5.91 Å². The number of aryl methyl sites for hydroxylation is 1. The van der Waals surface area contributed by atoms with E-state index in [1.54, 1.807) is 19.1 Å². The lowest BCUT2D eigenvalue weighted by atomic mass is 10.1. The number of benzene rings is 1. The minimum absolute atomic E-state index is 0.0456. The number of carbonyl (C=O) groups excluding carboxylic acids is 1. The highest BCUT2D eigenvalue weighted by molar-refractivity contribution is 5.94. The number of amides is 1. The molecule has 3 rings (SSSR count). The molecule has 0 unspecified atom stereocenters. The van der Waals surface area contributed by atoms with E-state index in [1.165, 1.54) is 12.5 Å². The third-order valence-electron chi connectivity index (χ3n) is 4.23. The molecule has 1 aliphatic carbocycles. The molecule has 20 heavy (non-hydrogen) atoms. The highest BCUT2D eigenvalue weighted by atomic mass is 19.1. The molecule has 1 aromatic carbocycles. The molecule has 1 aromatic rings. The van der Waals surface area contributed by atoms with Gasteiger partial charge in [0.05, 0.1) is 0 Å². The highest BCUT2D eigenvalue weighted by Crippen LogP contribution is 2.29. The number of carbonyl (C=O) groups is 1. The van der Waals surface area contributed by atoms with Crippen LogP contribution in [0, 0.1) is 12.7 Å². The van der Waals surface area contributed by atoms with Crippen molar-refractivity contribution in [3.05, 3.63) is 35.1 Å². The maximum absolute atomic E-state index is 13.3. The Hall–Kier alpha value is -1.42. The third-order valence-corrected chi connectivity index (χ3v) is 4.23. The van der Waals surface area contributed by atoms with Crippen molar-refractivity contribution in [3.8, 4) is 0 Å². The van der Waals surface area contributed by atoms with Crippen molar-refractivity contribution in [2.24, 2.45) is 0 Å². The summed E-state index contributed by atoms with van der Waals surface area (Å²) in [6.07, 6.45) is 4.52. The molecule has 1 atom stereocenters. The molecular formula is C16H21FN2O. The molecule has 0 bridgehead atoms. The van der Waals surface area contributed by atoms with Gasteiger partial charge in [-0.1, -0.05) is 0 Å². The van der Waals surface area contributed by atoms with Gasteiger partial charge in [-0.2, -0.15) is 0 Å². The van der Waals surface area contributed by atoms with Gasteiger partial charge in [-0.05, 0) is 62.9 Å². The first-order chi connectivity index (χ1) is 9.65. The predicted octanol–water partition coefficient (Wildman–Crippen LogP) is 2.49. The number of nitrogens with zero attached hydrogens (tertiary/aromatic N) is 1. The van der Waals surface area contributed by atoms with Crippen molar-refractivity contribution in [1.82, 2.24) is 10.2 Å². The van der Waals surface area contributed by atoms with Crippen LogP contribution >= 0.6 is 0 Å². The number of rotatable bonds is 4. The van der Waals surface area contributed by atoms with Crippen LogP contribution in [0.2, 0.25) is 0 Å². The molecule has 0 aromatic heterocycles. The molecule has 3 nitrogen and oxygen atoms in total. The molecule has 2 fully saturated rings. The first-order valence-corrected chi connectivity index (χ1v) is 7.45. The molecular weight excluding hydrogens is 255 g/mol. The standard InChI is InChI=1S/C16H21FN2O/c1-11-9-12(4-7-15(11)17)16(20)19(14-5-6-14)10-13-3-2-8-18-13/h4,7,9,13-14,18H,2-3,5-6,8,10H2,1H3/t13-/m1/s1. The lowest BCUT2D eigenvalue weighted by Gasteiger charge is -2.26. The molecule has 0 radical (unpaired) electrons. The van der Waals surface area contributed by atoms with E-state index < -0.39 is 0 Å². The van der Waals surface area contributed by atoms with Gasteiger partial charge in [-0.25, -0.2) is 4.39 Å². The zero-order valence-corrected chi connectivity index (χ0v) is 11.9. The SMILES string of the molecule is Cc1cc(C(=O)N(C[C@H]2CCCN2)C2CC2)ccc1F. The molecule has 0 spiro atoms. The summed E-state index contributed by atoms with van der Waals surface area (Å²) in [5, 5.41) is 3.44. The normalized spacial score (nSPS) is 22.0. The van der Waals surface area contributed by atoms with Gasteiger partial charge < -0.3 is 10.2 Å². The number of halogens is 1. The van der Waals surface area contributed by atoms with Gasteiger partial charge >= 0.3 is 0 Å². The predicted molar refractivity (Wildman–Crippen MR) is 76.2 cm³/mol. The summed E-state index contributed by atoms with van der Waals surface area (Å²) in [7, 11) is 0. The Morgan fingerprint density at radius 1 is 1.40 bits per heavy atom. The molecule has 4 heteroatoms. The lowest BCUT2D eigenvalue weighted by Crippen LogP contribution is -2.42. The van der Waals surface area contributed by atoms with Crippen LogP contribution in [0.4, 0.5) is 4.39 Å². The minimum Gasteiger partial charge on any atom is -0.334 e. The fourth-order valence-electron chi connectivity index (χ4n) is 2.88. The summed E-state index contributed by atoms with van der Waals surface area (Å²) < 4.78 is 13.3. The average Bonchev–Trinajstić information content (AvgIpc) is 3.15. The second kappa shape index (κ2) is 5.52. The first-order valence-electron chi connectivity index (χ1n) is 7.45. The largest absolute Gasteiger partial charge is 0.334 e. The molecule has 1 saturated carbocycles. The van der Waals surface area contributed by atoms with Gasteiger partial charge in [-0.15, -0.1) is 0 Å². The number of hydrogen-bond donors (Lipinski definition) is 1. The Kier molecular flexibility index (Phi) is 3.74. The second-order valence-corrected chi connectivity index (χ2v) is 5.95. The van der Waals surface area contributed by atoms with Crippen LogP contribution in [0.15, 0.2) is 18.2 Å². The molecule has 1 saturated heterocycles. The molecule has 1 heterocycles. The van der Waals surface area contributed by atoms with Crippen molar-refractivity contribution < 1.29 is 9.18 Å². The van der Waals surface area contributed by atoms with Crippen molar-refractivity contribution in [2.45, 2.75) is 44.7 Å². The number of nitrogens with one attached hydrogen (secondary N) is 1. The van der Waals surface area contributed by atoms with E-state index in [9.17, 15) is 9.18 Å². The van der Waals surface area contributed by atoms with Crippen molar-refractivity contribution in [1.29, 1.82) is 0 Å². The summed E-state index contributed by atoms with van der Waals surface area (Å²) in [5.74, 6) is -0.207. The minimum atomic E-state index is -0.253. The van der Waals surface area contributed by atoms with Gasteiger partial charge in [0, 0.05) is 24.2 Å². The highest BCUT2D eigenvalue weighted by Gasteiger charge is 2.35. The van der Waals surface area contributed by atoms with Crippen LogP contribution in [-0.2, 0) is 0 Å². The van der Waals surface area contributed by atoms with Gasteiger partial charge in [0.2, 0.25) is 0 Å². The van der Waals surface area contributed by atoms with Crippen molar-refractivity contribution in [2.75, 3.05) is 13.1 Å². The Morgan fingerprint density at radius 2 is 2.20 bits per heavy atom. The lowest BCUT2D eigenvalue weighted by molar-refractivity contribution is 0.0728. The van der Waals surface area contributed by atoms with E-state index in [0.29, 0.717) is 23.2 Å².